The van der Waals surface area contributed by atoms with Gasteiger partial charge in [0, 0.05) is 53.2 Å². The van der Waals surface area contributed by atoms with Crippen molar-refractivity contribution in [1.82, 2.24) is 10.6 Å². The number of aliphatic imine (C=N–C) groups is 1. The van der Waals surface area contributed by atoms with Gasteiger partial charge >= 0.3 is 0 Å². The number of hydrogen-bond donors (Lipinski definition) is 2. The molecule has 2 N–H and O–H groups in total. The van der Waals surface area contributed by atoms with Gasteiger partial charge in [-0.25, -0.2) is 0 Å². The fraction of sp³-hybridized carbons (Fsp3) is 0.682. The van der Waals surface area contributed by atoms with Gasteiger partial charge in [0.1, 0.15) is 0 Å². The number of halogens is 1. The minimum atomic E-state index is 0. The number of benzene rings is 1. The lowest BCUT2D eigenvalue weighted by Gasteiger charge is -2.21. The average Bonchev–Trinajstić information content (AvgIpc) is 2.74. The molecule has 0 aliphatic carbocycles. The molecular formula is C22H38IN3O3. The predicted octanol–water partition coefficient (Wildman–Crippen LogP) is 3.73. The van der Waals surface area contributed by atoms with Crippen LogP contribution in [0.4, 0.5) is 0 Å². The second kappa shape index (κ2) is 16.8. The van der Waals surface area contributed by atoms with Crippen LogP contribution in [0.5, 0.6) is 0 Å². The molecule has 0 spiro atoms. The minimum absolute atomic E-state index is 0. The zero-order valence-electron chi connectivity index (χ0n) is 18.0. The lowest BCUT2D eigenvalue weighted by molar-refractivity contribution is 0.0203. The highest BCUT2D eigenvalue weighted by Gasteiger charge is 2.13. The summed E-state index contributed by atoms with van der Waals surface area (Å²) in [6.45, 7) is 8.53. The average molecular weight is 519 g/mol. The van der Waals surface area contributed by atoms with Crippen molar-refractivity contribution in [3.05, 3.63) is 35.4 Å². The van der Waals surface area contributed by atoms with Gasteiger partial charge in [-0.15, -0.1) is 24.0 Å². The summed E-state index contributed by atoms with van der Waals surface area (Å²) in [5, 5.41) is 6.75. The topological polar surface area (TPSA) is 64.1 Å². The second-order valence-corrected chi connectivity index (χ2v) is 7.16. The van der Waals surface area contributed by atoms with Gasteiger partial charge in [0.15, 0.2) is 5.96 Å². The van der Waals surface area contributed by atoms with Crippen LogP contribution >= 0.6 is 24.0 Å². The van der Waals surface area contributed by atoms with Gasteiger partial charge in [-0.3, -0.25) is 4.99 Å². The van der Waals surface area contributed by atoms with E-state index < -0.39 is 0 Å². The monoisotopic (exact) mass is 519 g/mol. The molecule has 166 valence electrons. The van der Waals surface area contributed by atoms with Crippen LogP contribution < -0.4 is 10.6 Å². The molecule has 0 saturated carbocycles. The summed E-state index contributed by atoms with van der Waals surface area (Å²) < 4.78 is 16.9. The van der Waals surface area contributed by atoms with Crippen LogP contribution in [0.25, 0.3) is 0 Å². The number of hydrogen-bond acceptors (Lipinski definition) is 4. The quantitative estimate of drug-likeness (QED) is 0.191. The summed E-state index contributed by atoms with van der Waals surface area (Å²) in [5.41, 5.74) is 2.46. The van der Waals surface area contributed by atoms with Crippen molar-refractivity contribution in [2.75, 3.05) is 46.6 Å². The van der Waals surface area contributed by atoms with Crippen LogP contribution in [0.3, 0.4) is 0 Å². The molecule has 1 saturated heterocycles. The van der Waals surface area contributed by atoms with Crippen LogP contribution in [0.2, 0.25) is 0 Å². The van der Waals surface area contributed by atoms with Crippen LogP contribution in [-0.2, 0) is 27.4 Å². The Kier molecular flexibility index (Phi) is 15.2. The van der Waals surface area contributed by atoms with E-state index in [4.69, 9.17) is 14.2 Å². The Bertz CT molecular complexity index is 566. The maximum absolute atomic E-state index is 5.81. The minimum Gasteiger partial charge on any atom is -0.381 e. The largest absolute Gasteiger partial charge is 0.381 e. The van der Waals surface area contributed by atoms with Gasteiger partial charge in [0.05, 0.1) is 6.61 Å². The lowest BCUT2D eigenvalue weighted by atomic mass is 10.0. The van der Waals surface area contributed by atoms with Crippen LogP contribution in [0.15, 0.2) is 29.3 Å². The summed E-state index contributed by atoms with van der Waals surface area (Å²) >= 11 is 0. The van der Waals surface area contributed by atoms with Crippen LogP contribution in [0.1, 0.15) is 43.7 Å². The standard InChI is InChI=1S/C22H37N3O3.HI/c1-3-12-27-18-21-8-5-4-7-20(21)16-25-22(23-2)24-11-6-13-28-17-19-9-14-26-15-10-19;/h4-5,7-8,19H,3,6,9-18H2,1-2H3,(H2,23,24,25);1H. The molecule has 29 heavy (non-hydrogen) atoms. The van der Waals surface area contributed by atoms with Crippen molar-refractivity contribution in [3.63, 3.8) is 0 Å². The Morgan fingerprint density at radius 1 is 1.10 bits per heavy atom. The third kappa shape index (κ3) is 11.2. The zero-order chi connectivity index (χ0) is 19.9. The van der Waals surface area contributed by atoms with Gasteiger partial charge < -0.3 is 24.8 Å². The summed E-state index contributed by atoms with van der Waals surface area (Å²) in [6.07, 6.45) is 4.25. The van der Waals surface area contributed by atoms with Crippen molar-refractivity contribution in [2.45, 2.75) is 45.8 Å². The maximum atomic E-state index is 5.81. The van der Waals surface area contributed by atoms with E-state index in [1.54, 1.807) is 7.05 Å². The number of guanidine groups is 1. The van der Waals surface area contributed by atoms with E-state index in [0.29, 0.717) is 12.5 Å². The van der Waals surface area contributed by atoms with Crippen LogP contribution in [0, 0.1) is 5.92 Å². The molecule has 1 aliphatic rings. The summed E-state index contributed by atoms with van der Waals surface area (Å²) in [5.74, 6) is 1.48. The Balaban J connectivity index is 0.00000420. The van der Waals surface area contributed by atoms with Gasteiger partial charge in [0.2, 0.25) is 0 Å². The normalized spacial score (nSPS) is 15.0. The van der Waals surface area contributed by atoms with E-state index >= 15 is 0 Å². The Morgan fingerprint density at radius 2 is 1.86 bits per heavy atom. The first-order chi connectivity index (χ1) is 13.8. The third-order valence-corrected chi connectivity index (χ3v) is 4.85. The number of ether oxygens (including phenoxy) is 3. The molecule has 0 atom stereocenters. The van der Waals surface area contributed by atoms with Crippen LogP contribution in [-0.4, -0.2) is 52.6 Å². The molecule has 1 aliphatic heterocycles. The third-order valence-electron chi connectivity index (χ3n) is 4.85. The summed E-state index contributed by atoms with van der Waals surface area (Å²) in [4.78, 5) is 4.31. The molecule has 7 heteroatoms. The summed E-state index contributed by atoms with van der Waals surface area (Å²) in [6, 6.07) is 8.38. The molecule has 0 bridgehead atoms. The molecule has 0 amide bonds. The number of nitrogens with zero attached hydrogens (tertiary/aromatic N) is 1. The van der Waals surface area contributed by atoms with Gasteiger partial charge in [-0.2, -0.15) is 0 Å². The SMILES string of the molecule is CCCOCc1ccccc1CNC(=NC)NCCCOCC1CCOCC1.I. The van der Waals surface area contributed by atoms with E-state index in [-0.39, 0.29) is 24.0 Å². The van der Waals surface area contributed by atoms with Crippen molar-refractivity contribution in [2.24, 2.45) is 10.9 Å². The van der Waals surface area contributed by atoms with E-state index in [1.807, 2.05) is 0 Å². The fourth-order valence-corrected chi connectivity index (χ4v) is 3.14. The fourth-order valence-electron chi connectivity index (χ4n) is 3.14. The Hall–Kier alpha value is -0.900. The van der Waals surface area contributed by atoms with E-state index in [2.05, 4.69) is 46.8 Å². The molecule has 1 aromatic carbocycles. The molecule has 0 aromatic heterocycles. The van der Waals surface area contributed by atoms with E-state index in [1.165, 1.54) is 11.1 Å². The molecule has 6 nitrogen and oxygen atoms in total. The Morgan fingerprint density at radius 3 is 2.59 bits per heavy atom. The molecule has 1 heterocycles. The molecule has 1 fully saturated rings. The highest BCUT2D eigenvalue weighted by atomic mass is 127. The first-order valence-electron chi connectivity index (χ1n) is 10.6. The van der Waals surface area contributed by atoms with Crippen molar-refractivity contribution >= 4 is 29.9 Å². The van der Waals surface area contributed by atoms with Crippen molar-refractivity contribution in [3.8, 4) is 0 Å². The van der Waals surface area contributed by atoms with Gasteiger partial charge in [-0.1, -0.05) is 31.2 Å². The second-order valence-electron chi connectivity index (χ2n) is 7.16. The van der Waals surface area contributed by atoms with Gasteiger partial charge in [0.25, 0.3) is 0 Å². The smallest absolute Gasteiger partial charge is 0.191 e. The lowest BCUT2D eigenvalue weighted by Crippen LogP contribution is -2.37. The van der Waals surface area contributed by atoms with Crippen molar-refractivity contribution < 1.29 is 14.2 Å². The Labute approximate surface area is 193 Å². The number of rotatable bonds is 12. The van der Waals surface area contributed by atoms with Gasteiger partial charge in [-0.05, 0) is 42.7 Å². The highest BCUT2D eigenvalue weighted by Crippen LogP contribution is 2.14. The molecule has 0 unspecified atom stereocenters. The molecule has 1 aromatic rings. The molecule has 2 rings (SSSR count). The van der Waals surface area contributed by atoms with E-state index in [9.17, 15) is 0 Å². The first kappa shape index (κ1) is 26.1. The summed E-state index contributed by atoms with van der Waals surface area (Å²) in [7, 11) is 1.80. The predicted molar refractivity (Wildman–Crippen MR) is 129 cm³/mol. The number of nitrogens with one attached hydrogen (secondary N) is 2. The molecule has 0 radical (unpaired) electrons. The maximum Gasteiger partial charge on any atom is 0.191 e. The van der Waals surface area contributed by atoms with Crippen molar-refractivity contribution in [1.29, 1.82) is 0 Å². The first-order valence-corrected chi connectivity index (χ1v) is 10.6. The highest BCUT2D eigenvalue weighted by molar-refractivity contribution is 14.0. The molecular weight excluding hydrogens is 481 g/mol. The van der Waals surface area contributed by atoms with E-state index in [0.717, 1.165) is 77.8 Å². The zero-order valence-corrected chi connectivity index (χ0v) is 20.3.